The van der Waals surface area contributed by atoms with Gasteiger partial charge in [0.2, 0.25) is 5.91 Å². The fourth-order valence-electron chi connectivity index (χ4n) is 4.84. The van der Waals surface area contributed by atoms with Crippen LogP contribution in [0.4, 0.5) is 4.39 Å². The summed E-state index contributed by atoms with van der Waals surface area (Å²) in [6.07, 6.45) is 6.26. The number of halogens is 1. The first-order chi connectivity index (χ1) is 13.1. The van der Waals surface area contributed by atoms with E-state index in [1.165, 1.54) is 6.07 Å². The highest BCUT2D eigenvalue weighted by molar-refractivity contribution is 5.83. The van der Waals surface area contributed by atoms with Crippen molar-refractivity contribution < 1.29 is 9.18 Å². The van der Waals surface area contributed by atoms with Gasteiger partial charge in [-0.3, -0.25) is 4.79 Å². The Morgan fingerprint density at radius 3 is 2.67 bits per heavy atom. The van der Waals surface area contributed by atoms with E-state index in [1.54, 1.807) is 6.07 Å². The third-order valence-corrected chi connectivity index (χ3v) is 6.18. The second-order valence-electron chi connectivity index (χ2n) is 7.86. The van der Waals surface area contributed by atoms with Crippen molar-refractivity contribution in [2.75, 3.05) is 0 Å². The lowest BCUT2D eigenvalue weighted by molar-refractivity contribution is -0.134. The van der Waals surface area contributed by atoms with Crippen LogP contribution in [0.15, 0.2) is 60.7 Å². The molecule has 1 amide bonds. The number of likely N-dealkylation sites (tertiary alicyclic amines) is 1. The molecule has 2 aromatic carbocycles. The monoisotopic (exact) mass is 363 g/mol. The van der Waals surface area contributed by atoms with Crippen LogP contribution in [0.2, 0.25) is 0 Å². The Balaban J connectivity index is 1.80. The highest BCUT2D eigenvalue weighted by Crippen LogP contribution is 2.50. The summed E-state index contributed by atoms with van der Waals surface area (Å²) in [5.41, 5.74) is 2.75. The lowest BCUT2D eigenvalue weighted by Crippen LogP contribution is -2.31. The van der Waals surface area contributed by atoms with Gasteiger partial charge in [-0.05, 0) is 30.9 Å². The number of hydrogen-bond acceptors (Lipinski definition) is 1. The van der Waals surface area contributed by atoms with Crippen molar-refractivity contribution in [3.05, 3.63) is 83.2 Å². The lowest BCUT2D eigenvalue weighted by atomic mass is 9.73. The number of allylic oxidation sites excluding steroid dienone is 1. The third-order valence-electron chi connectivity index (χ3n) is 6.18. The van der Waals surface area contributed by atoms with E-state index in [-0.39, 0.29) is 29.6 Å². The lowest BCUT2D eigenvalue weighted by Gasteiger charge is -2.30. The van der Waals surface area contributed by atoms with Gasteiger partial charge in [0, 0.05) is 23.9 Å². The number of benzene rings is 2. The molecule has 1 saturated heterocycles. The quantitative estimate of drug-likeness (QED) is 0.663. The molecule has 3 heteroatoms. The Kier molecular flexibility index (Phi) is 4.86. The van der Waals surface area contributed by atoms with Crippen molar-refractivity contribution in [2.24, 2.45) is 17.8 Å². The summed E-state index contributed by atoms with van der Waals surface area (Å²) in [5.74, 6) is 0.281. The number of carbonyl (C=O) groups is 1. The van der Waals surface area contributed by atoms with Crippen molar-refractivity contribution in [2.45, 2.75) is 39.3 Å². The number of hydrogen-bond donors (Lipinski definition) is 0. The maximum absolute atomic E-state index is 14.8. The third kappa shape index (κ3) is 3.20. The molecule has 27 heavy (non-hydrogen) atoms. The fourth-order valence-corrected chi connectivity index (χ4v) is 4.84. The number of fused-ring (bicyclic) bond motifs is 1. The smallest absolute Gasteiger partial charge is 0.227 e. The normalized spacial score (nSPS) is 27.1. The van der Waals surface area contributed by atoms with E-state index in [2.05, 4.69) is 19.1 Å². The van der Waals surface area contributed by atoms with Crippen LogP contribution in [-0.2, 0) is 11.3 Å². The van der Waals surface area contributed by atoms with Crippen LogP contribution in [0, 0.1) is 30.5 Å². The molecule has 0 saturated carbocycles. The van der Waals surface area contributed by atoms with Crippen LogP contribution in [0.5, 0.6) is 0 Å². The van der Waals surface area contributed by atoms with E-state index in [0.717, 1.165) is 24.0 Å². The molecule has 2 aliphatic rings. The predicted molar refractivity (Wildman–Crippen MR) is 105 cm³/mol. The SMILES string of the molecule is CC[C@@H]1CC=C[C@H]2[C@H]1C(=O)N(Cc1ccccc1)[C@H]2c1cc(C)ccc1F. The van der Waals surface area contributed by atoms with Crippen LogP contribution in [0.3, 0.4) is 0 Å². The molecular weight excluding hydrogens is 337 g/mol. The number of rotatable bonds is 4. The van der Waals surface area contributed by atoms with Gasteiger partial charge in [0.15, 0.2) is 0 Å². The molecule has 0 spiro atoms. The van der Waals surface area contributed by atoms with E-state index in [1.807, 2.05) is 48.2 Å². The molecular formula is C24H26FNO. The molecule has 1 aliphatic carbocycles. The van der Waals surface area contributed by atoms with E-state index >= 15 is 0 Å². The summed E-state index contributed by atoms with van der Waals surface area (Å²) in [5, 5.41) is 0. The van der Waals surface area contributed by atoms with Crippen LogP contribution < -0.4 is 0 Å². The van der Waals surface area contributed by atoms with Crippen molar-refractivity contribution in [3.8, 4) is 0 Å². The molecule has 0 bridgehead atoms. The summed E-state index contributed by atoms with van der Waals surface area (Å²) in [7, 11) is 0. The van der Waals surface area contributed by atoms with Crippen molar-refractivity contribution in [1.82, 2.24) is 4.90 Å². The van der Waals surface area contributed by atoms with Gasteiger partial charge in [-0.25, -0.2) is 4.39 Å². The van der Waals surface area contributed by atoms with Crippen molar-refractivity contribution >= 4 is 5.91 Å². The molecule has 1 fully saturated rings. The molecule has 0 unspecified atom stereocenters. The Bertz CT molecular complexity index is 860. The van der Waals surface area contributed by atoms with E-state index in [0.29, 0.717) is 18.0 Å². The second kappa shape index (κ2) is 7.30. The van der Waals surface area contributed by atoms with E-state index in [9.17, 15) is 9.18 Å². The van der Waals surface area contributed by atoms with Crippen LogP contribution in [0.1, 0.15) is 42.5 Å². The van der Waals surface area contributed by atoms with Gasteiger partial charge in [-0.2, -0.15) is 0 Å². The van der Waals surface area contributed by atoms with Crippen LogP contribution >= 0.6 is 0 Å². The van der Waals surface area contributed by atoms with Crippen molar-refractivity contribution in [3.63, 3.8) is 0 Å². The highest BCUT2D eigenvalue weighted by Gasteiger charge is 2.51. The van der Waals surface area contributed by atoms with Crippen LogP contribution in [-0.4, -0.2) is 10.8 Å². The molecule has 140 valence electrons. The maximum atomic E-state index is 14.8. The zero-order chi connectivity index (χ0) is 19.0. The Morgan fingerprint density at radius 2 is 1.93 bits per heavy atom. The minimum atomic E-state index is -0.242. The summed E-state index contributed by atoms with van der Waals surface area (Å²) in [4.78, 5) is 15.4. The van der Waals surface area contributed by atoms with Gasteiger partial charge in [0.25, 0.3) is 0 Å². The van der Waals surface area contributed by atoms with Gasteiger partial charge < -0.3 is 4.90 Å². The first-order valence-electron chi connectivity index (χ1n) is 9.87. The minimum absolute atomic E-state index is 0.0382. The number of nitrogens with zero attached hydrogens (tertiary/aromatic N) is 1. The van der Waals surface area contributed by atoms with Gasteiger partial charge in [-0.1, -0.05) is 73.5 Å². The first-order valence-corrected chi connectivity index (χ1v) is 9.87. The zero-order valence-corrected chi connectivity index (χ0v) is 15.9. The van der Waals surface area contributed by atoms with Gasteiger partial charge >= 0.3 is 0 Å². The standard InChI is InChI=1S/C24H26FNO/c1-3-18-10-7-11-19-22(18)24(27)26(15-17-8-5-4-6-9-17)23(19)20-14-16(2)12-13-21(20)25/h4-9,11-14,18-19,22-23H,3,10,15H2,1-2H3/t18-,19+,22+,23-/m1/s1. The average Bonchev–Trinajstić information content (AvgIpc) is 2.96. The molecule has 4 rings (SSSR count). The highest BCUT2D eigenvalue weighted by atomic mass is 19.1. The van der Waals surface area contributed by atoms with Gasteiger partial charge in [-0.15, -0.1) is 0 Å². The van der Waals surface area contributed by atoms with Gasteiger partial charge in [0.05, 0.1) is 6.04 Å². The number of carbonyl (C=O) groups excluding carboxylic acids is 1. The number of aryl methyl sites for hydroxylation is 1. The molecule has 1 heterocycles. The van der Waals surface area contributed by atoms with E-state index in [4.69, 9.17) is 0 Å². The fraction of sp³-hybridized carbons (Fsp3) is 0.375. The topological polar surface area (TPSA) is 20.3 Å². The molecule has 2 aromatic rings. The Labute approximate surface area is 160 Å². The minimum Gasteiger partial charge on any atom is -0.330 e. The van der Waals surface area contributed by atoms with E-state index < -0.39 is 0 Å². The van der Waals surface area contributed by atoms with Gasteiger partial charge in [0.1, 0.15) is 5.82 Å². The summed E-state index contributed by atoms with van der Waals surface area (Å²) < 4.78 is 14.8. The molecule has 1 aliphatic heterocycles. The molecule has 4 atom stereocenters. The zero-order valence-electron chi connectivity index (χ0n) is 15.9. The molecule has 0 radical (unpaired) electrons. The largest absolute Gasteiger partial charge is 0.330 e. The predicted octanol–water partition coefficient (Wildman–Crippen LogP) is 5.44. The summed E-state index contributed by atoms with van der Waals surface area (Å²) >= 11 is 0. The van der Waals surface area contributed by atoms with Crippen molar-refractivity contribution in [1.29, 1.82) is 0 Å². The maximum Gasteiger partial charge on any atom is 0.227 e. The molecule has 2 nitrogen and oxygen atoms in total. The second-order valence-corrected chi connectivity index (χ2v) is 7.86. The molecule has 0 N–H and O–H groups in total. The molecule has 0 aromatic heterocycles. The Hall–Kier alpha value is -2.42. The number of amides is 1. The first kappa shape index (κ1) is 18.0. The average molecular weight is 363 g/mol. The van der Waals surface area contributed by atoms with Crippen LogP contribution in [0.25, 0.3) is 0 Å². The Morgan fingerprint density at radius 1 is 1.15 bits per heavy atom. The summed E-state index contributed by atoms with van der Waals surface area (Å²) in [6, 6.07) is 15.0. The summed E-state index contributed by atoms with van der Waals surface area (Å²) in [6.45, 7) is 4.65.